The van der Waals surface area contributed by atoms with Gasteiger partial charge in [-0.3, -0.25) is 9.69 Å². The van der Waals surface area contributed by atoms with Crippen molar-refractivity contribution in [3.63, 3.8) is 0 Å². The minimum atomic E-state index is -0.232. The van der Waals surface area contributed by atoms with Crippen molar-refractivity contribution in [1.29, 1.82) is 0 Å². The first-order chi connectivity index (χ1) is 12.4. The Morgan fingerprint density at radius 1 is 1.08 bits per heavy atom. The molecule has 1 aliphatic rings. The molecule has 138 valence electrons. The van der Waals surface area contributed by atoms with Crippen LogP contribution in [0.5, 0.6) is 0 Å². The van der Waals surface area contributed by atoms with Crippen LogP contribution in [0, 0.1) is 6.92 Å². The number of aryl methyl sites for hydroxylation is 1. The fraction of sp³-hybridized carbons (Fsp3) is 0.350. The van der Waals surface area contributed by atoms with Crippen molar-refractivity contribution in [2.75, 3.05) is 36.4 Å². The Hall–Kier alpha value is -1.75. The third kappa shape index (κ3) is 4.50. The topological polar surface area (TPSA) is 35.6 Å². The summed E-state index contributed by atoms with van der Waals surface area (Å²) in [6.07, 6.45) is 0. The van der Waals surface area contributed by atoms with E-state index in [2.05, 4.69) is 46.3 Å². The molecule has 0 aliphatic carbocycles. The average molecular weight is 392 g/mol. The zero-order chi connectivity index (χ0) is 18.7. The lowest BCUT2D eigenvalue weighted by molar-refractivity contribution is -0.120. The highest BCUT2D eigenvalue weighted by molar-refractivity contribution is 6.35. The maximum Gasteiger partial charge on any atom is 0.241 e. The summed E-state index contributed by atoms with van der Waals surface area (Å²) in [6.45, 7) is 7.51. The van der Waals surface area contributed by atoms with Crippen molar-refractivity contribution in [2.45, 2.75) is 19.9 Å². The number of halogens is 2. The highest BCUT2D eigenvalue weighted by Crippen LogP contribution is 2.26. The van der Waals surface area contributed by atoms with Crippen LogP contribution < -0.4 is 10.2 Å². The predicted molar refractivity (Wildman–Crippen MR) is 110 cm³/mol. The molecule has 2 aromatic rings. The summed E-state index contributed by atoms with van der Waals surface area (Å²) in [4.78, 5) is 17.2. The number of nitrogens with one attached hydrogen (secondary N) is 1. The maximum atomic E-state index is 12.6. The number of rotatable bonds is 4. The molecule has 4 nitrogen and oxygen atoms in total. The highest BCUT2D eigenvalue weighted by atomic mass is 35.5. The Balaban J connectivity index is 1.58. The van der Waals surface area contributed by atoms with E-state index in [1.807, 2.05) is 6.92 Å². The predicted octanol–water partition coefficient (Wildman–Crippen LogP) is 4.45. The van der Waals surface area contributed by atoms with Crippen LogP contribution in [0.15, 0.2) is 42.5 Å². The molecule has 26 heavy (non-hydrogen) atoms. The molecule has 6 heteroatoms. The number of carbonyl (C=O) groups excluding carboxylic acids is 1. The van der Waals surface area contributed by atoms with Gasteiger partial charge in [-0.05, 0) is 49.7 Å². The van der Waals surface area contributed by atoms with Crippen LogP contribution in [-0.2, 0) is 4.79 Å². The zero-order valence-corrected chi connectivity index (χ0v) is 16.5. The monoisotopic (exact) mass is 391 g/mol. The number of hydrogen-bond donors (Lipinski definition) is 1. The van der Waals surface area contributed by atoms with Gasteiger partial charge in [-0.2, -0.15) is 0 Å². The molecule has 3 rings (SSSR count). The number of benzene rings is 2. The van der Waals surface area contributed by atoms with E-state index in [1.54, 1.807) is 18.2 Å². The van der Waals surface area contributed by atoms with Crippen LogP contribution in [0.2, 0.25) is 10.0 Å². The van der Waals surface area contributed by atoms with Gasteiger partial charge in [0.1, 0.15) is 0 Å². The summed E-state index contributed by atoms with van der Waals surface area (Å²) >= 11 is 12.1. The van der Waals surface area contributed by atoms with E-state index in [4.69, 9.17) is 23.2 Å². The second kappa shape index (κ2) is 8.30. The molecule has 1 N–H and O–H groups in total. The molecule has 1 heterocycles. The van der Waals surface area contributed by atoms with E-state index < -0.39 is 0 Å². The molecule has 1 fully saturated rings. The van der Waals surface area contributed by atoms with Crippen molar-refractivity contribution in [2.24, 2.45) is 0 Å². The number of piperazine rings is 1. The summed E-state index contributed by atoms with van der Waals surface area (Å²) in [6, 6.07) is 13.4. The van der Waals surface area contributed by atoms with Crippen molar-refractivity contribution in [3.05, 3.63) is 58.1 Å². The first-order valence-corrected chi connectivity index (χ1v) is 9.51. The van der Waals surface area contributed by atoms with Gasteiger partial charge in [0.2, 0.25) is 5.91 Å². The Labute approximate surface area is 164 Å². The minimum absolute atomic E-state index is 0.0711. The largest absolute Gasteiger partial charge is 0.369 e. The Kier molecular flexibility index (Phi) is 6.07. The second-order valence-electron chi connectivity index (χ2n) is 6.65. The van der Waals surface area contributed by atoms with E-state index in [-0.39, 0.29) is 11.9 Å². The lowest BCUT2D eigenvalue weighted by Crippen LogP contribution is -2.52. The van der Waals surface area contributed by atoms with Crippen LogP contribution in [-0.4, -0.2) is 43.0 Å². The first kappa shape index (κ1) is 19.0. The molecule has 0 radical (unpaired) electrons. The smallest absolute Gasteiger partial charge is 0.241 e. The van der Waals surface area contributed by atoms with Crippen molar-refractivity contribution in [1.82, 2.24) is 4.90 Å². The molecule has 1 unspecified atom stereocenters. The minimum Gasteiger partial charge on any atom is -0.369 e. The molecule has 0 spiro atoms. The molecule has 0 bridgehead atoms. The van der Waals surface area contributed by atoms with Crippen LogP contribution in [0.1, 0.15) is 12.5 Å². The summed E-state index contributed by atoms with van der Waals surface area (Å²) in [5.74, 6) is -0.0711. The van der Waals surface area contributed by atoms with Gasteiger partial charge in [0, 0.05) is 36.9 Å². The third-order valence-corrected chi connectivity index (χ3v) is 5.36. The van der Waals surface area contributed by atoms with Gasteiger partial charge in [-0.1, -0.05) is 35.3 Å². The number of nitrogens with zero attached hydrogens (tertiary/aromatic N) is 2. The van der Waals surface area contributed by atoms with Gasteiger partial charge in [-0.25, -0.2) is 0 Å². The van der Waals surface area contributed by atoms with Gasteiger partial charge in [0.05, 0.1) is 16.8 Å². The van der Waals surface area contributed by atoms with E-state index in [0.29, 0.717) is 15.7 Å². The van der Waals surface area contributed by atoms with Gasteiger partial charge in [-0.15, -0.1) is 0 Å². The summed E-state index contributed by atoms with van der Waals surface area (Å²) in [7, 11) is 0. The van der Waals surface area contributed by atoms with Gasteiger partial charge < -0.3 is 10.2 Å². The molecule has 0 saturated carbocycles. The van der Waals surface area contributed by atoms with E-state index in [1.165, 1.54) is 11.3 Å². The summed E-state index contributed by atoms with van der Waals surface area (Å²) < 4.78 is 0. The van der Waals surface area contributed by atoms with Crippen LogP contribution in [0.4, 0.5) is 11.4 Å². The highest BCUT2D eigenvalue weighted by Gasteiger charge is 2.26. The SMILES string of the molecule is Cc1cccc(N2CCN(C(C)C(=O)Nc3cc(Cl)ccc3Cl)CC2)c1. The molecule has 1 aliphatic heterocycles. The lowest BCUT2D eigenvalue weighted by atomic mass is 10.1. The first-order valence-electron chi connectivity index (χ1n) is 8.75. The Bertz CT molecular complexity index is 788. The van der Waals surface area contributed by atoms with Gasteiger partial charge in [0.25, 0.3) is 0 Å². The number of carbonyl (C=O) groups is 1. The Morgan fingerprint density at radius 2 is 1.81 bits per heavy atom. The summed E-state index contributed by atoms with van der Waals surface area (Å²) in [5.41, 5.74) is 3.05. The van der Waals surface area contributed by atoms with Gasteiger partial charge in [0.15, 0.2) is 0 Å². The third-order valence-electron chi connectivity index (χ3n) is 4.79. The number of hydrogen-bond acceptors (Lipinski definition) is 3. The van der Waals surface area contributed by atoms with Crippen molar-refractivity contribution >= 4 is 40.5 Å². The van der Waals surface area contributed by atoms with Gasteiger partial charge >= 0.3 is 0 Å². The van der Waals surface area contributed by atoms with Crippen LogP contribution in [0.3, 0.4) is 0 Å². The van der Waals surface area contributed by atoms with E-state index >= 15 is 0 Å². The second-order valence-corrected chi connectivity index (χ2v) is 7.50. The maximum absolute atomic E-state index is 12.6. The molecule has 1 saturated heterocycles. The molecule has 1 amide bonds. The fourth-order valence-electron chi connectivity index (χ4n) is 3.19. The van der Waals surface area contributed by atoms with Crippen molar-refractivity contribution < 1.29 is 4.79 Å². The standard InChI is InChI=1S/C20H23Cl2N3O/c1-14-4-3-5-17(12-14)25-10-8-24(9-11-25)15(2)20(26)23-19-13-16(21)6-7-18(19)22/h3-7,12-13,15H,8-11H2,1-2H3,(H,23,26). The summed E-state index contributed by atoms with van der Waals surface area (Å²) in [5, 5.41) is 3.92. The normalized spacial score (nSPS) is 16.4. The van der Waals surface area contributed by atoms with E-state index in [0.717, 1.165) is 26.2 Å². The quantitative estimate of drug-likeness (QED) is 0.835. The lowest BCUT2D eigenvalue weighted by Gasteiger charge is -2.38. The molecule has 0 aromatic heterocycles. The number of anilines is 2. The van der Waals surface area contributed by atoms with Crippen LogP contribution >= 0.6 is 23.2 Å². The molecule has 2 aromatic carbocycles. The average Bonchev–Trinajstić information content (AvgIpc) is 2.64. The Morgan fingerprint density at radius 3 is 2.50 bits per heavy atom. The molecule has 1 atom stereocenters. The molecular weight excluding hydrogens is 369 g/mol. The number of amides is 1. The molecular formula is C20H23Cl2N3O. The van der Waals surface area contributed by atoms with Crippen molar-refractivity contribution in [3.8, 4) is 0 Å². The zero-order valence-electron chi connectivity index (χ0n) is 15.0. The van der Waals surface area contributed by atoms with Crippen LogP contribution in [0.25, 0.3) is 0 Å². The van der Waals surface area contributed by atoms with E-state index in [9.17, 15) is 4.79 Å². The fourth-order valence-corrected chi connectivity index (χ4v) is 3.53.